The van der Waals surface area contributed by atoms with Crippen LogP contribution in [-0.2, 0) is 9.53 Å². The van der Waals surface area contributed by atoms with Crippen LogP contribution >= 0.6 is 0 Å². The van der Waals surface area contributed by atoms with Crippen molar-refractivity contribution in [2.24, 2.45) is 11.3 Å². The monoisotopic (exact) mass is 361 g/mol. The number of esters is 1. The van der Waals surface area contributed by atoms with Gasteiger partial charge in [-0.2, -0.15) is 0 Å². The number of anilines is 1. The van der Waals surface area contributed by atoms with Gasteiger partial charge in [-0.15, -0.1) is 0 Å². The summed E-state index contributed by atoms with van der Waals surface area (Å²) < 4.78 is 24.4. The lowest BCUT2D eigenvalue weighted by Gasteiger charge is -2.31. The zero-order chi connectivity index (χ0) is 18.9. The van der Waals surface area contributed by atoms with Crippen LogP contribution in [0.15, 0.2) is 18.5 Å². The Balaban J connectivity index is 2.01. The molecule has 0 bridgehead atoms. The van der Waals surface area contributed by atoms with Crippen LogP contribution in [0.4, 0.5) is 10.2 Å². The van der Waals surface area contributed by atoms with Crippen LogP contribution < -0.4 is 9.64 Å². The van der Waals surface area contributed by atoms with Gasteiger partial charge < -0.3 is 14.4 Å². The third-order valence-electron chi connectivity index (χ3n) is 5.28. The second-order valence-electron chi connectivity index (χ2n) is 6.90. The highest BCUT2D eigenvalue weighted by Crippen LogP contribution is 2.42. The van der Waals surface area contributed by atoms with Gasteiger partial charge in [-0.05, 0) is 25.3 Å². The van der Waals surface area contributed by atoms with Crippen LogP contribution in [0.2, 0.25) is 0 Å². The zero-order valence-corrected chi connectivity index (χ0v) is 15.6. The molecule has 0 spiro atoms. The maximum Gasteiger partial charge on any atom is 0.314 e. The number of halogens is 1. The number of carbonyl (C=O) groups excluding carboxylic acids is 1. The van der Waals surface area contributed by atoms with Crippen molar-refractivity contribution in [2.75, 3.05) is 31.7 Å². The highest BCUT2D eigenvalue weighted by atomic mass is 19.1. The summed E-state index contributed by atoms with van der Waals surface area (Å²) in [5.41, 5.74) is -0.0660. The van der Waals surface area contributed by atoms with Crippen LogP contribution in [0.25, 0.3) is 10.9 Å². The van der Waals surface area contributed by atoms with Crippen LogP contribution in [0.5, 0.6) is 5.75 Å². The van der Waals surface area contributed by atoms with Crippen molar-refractivity contribution in [1.29, 1.82) is 0 Å². The van der Waals surface area contributed by atoms with Crippen molar-refractivity contribution >= 4 is 22.7 Å². The minimum absolute atomic E-state index is 0.131. The number of rotatable bonds is 5. The molecular formula is C19H24FN3O3. The molecule has 1 aliphatic rings. The Kier molecular flexibility index (Phi) is 4.98. The highest BCUT2D eigenvalue weighted by Gasteiger charge is 2.48. The predicted octanol–water partition coefficient (Wildman–Crippen LogP) is 3.19. The molecule has 1 aromatic heterocycles. The van der Waals surface area contributed by atoms with Gasteiger partial charge in [-0.1, -0.05) is 13.8 Å². The Hall–Kier alpha value is -2.44. The molecule has 26 heavy (non-hydrogen) atoms. The second kappa shape index (κ2) is 7.05. The summed E-state index contributed by atoms with van der Waals surface area (Å²) in [7, 11) is 1.42. The third-order valence-corrected chi connectivity index (χ3v) is 5.28. The number of methoxy groups -OCH3 is 1. The predicted molar refractivity (Wildman–Crippen MR) is 96.8 cm³/mol. The molecule has 0 amide bonds. The average Bonchev–Trinajstić information content (AvgIpc) is 3.07. The van der Waals surface area contributed by atoms with Crippen molar-refractivity contribution in [2.45, 2.75) is 27.2 Å². The molecule has 1 aromatic carbocycles. The van der Waals surface area contributed by atoms with Gasteiger partial charge in [-0.25, -0.2) is 14.4 Å². The molecule has 0 radical (unpaired) electrons. The molecule has 140 valence electrons. The van der Waals surface area contributed by atoms with Gasteiger partial charge in [0.15, 0.2) is 11.6 Å². The van der Waals surface area contributed by atoms with Crippen molar-refractivity contribution in [3.63, 3.8) is 0 Å². The lowest BCUT2D eigenvalue weighted by molar-refractivity contribution is -0.156. The molecule has 1 saturated heterocycles. The standard InChI is InChI=1S/C19H24FN3O3/c1-5-26-18(24)19(12(2)3)6-7-23(10-19)17-13-8-16(25-4)14(20)9-15(13)21-11-22-17/h8-9,11-12H,5-7,10H2,1-4H3. The minimum Gasteiger partial charge on any atom is -0.494 e. The largest absolute Gasteiger partial charge is 0.494 e. The van der Waals surface area contributed by atoms with Crippen molar-refractivity contribution < 1.29 is 18.7 Å². The molecule has 7 heteroatoms. The van der Waals surface area contributed by atoms with Gasteiger partial charge >= 0.3 is 5.97 Å². The van der Waals surface area contributed by atoms with Gasteiger partial charge in [0.2, 0.25) is 0 Å². The summed E-state index contributed by atoms with van der Waals surface area (Å²) in [5, 5.41) is 0.703. The number of benzene rings is 1. The molecule has 6 nitrogen and oxygen atoms in total. The maximum atomic E-state index is 14.0. The van der Waals surface area contributed by atoms with E-state index in [-0.39, 0.29) is 17.6 Å². The number of hydrogen-bond acceptors (Lipinski definition) is 6. The number of ether oxygens (including phenoxy) is 2. The van der Waals surface area contributed by atoms with E-state index in [4.69, 9.17) is 9.47 Å². The molecule has 3 rings (SSSR count). The Morgan fingerprint density at radius 1 is 1.38 bits per heavy atom. The van der Waals surface area contributed by atoms with Gasteiger partial charge in [-0.3, -0.25) is 4.79 Å². The zero-order valence-electron chi connectivity index (χ0n) is 15.6. The summed E-state index contributed by atoms with van der Waals surface area (Å²) >= 11 is 0. The first-order valence-electron chi connectivity index (χ1n) is 8.83. The van der Waals surface area contributed by atoms with Crippen LogP contribution in [-0.4, -0.2) is 42.7 Å². The first kappa shape index (κ1) is 18.4. The van der Waals surface area contributed by atoms with Crippen LogP contribution in [0.3, 0.4) is 0 Å². The van der Waals surface area contributed by atoms with E-state index in [2.05, 4.69) is 14.9 Å². The molecule has 0 saturated carbocycles. The smallest absolute Gasteiger partial charge is 0.314 e. The molecule has 2 aromatic rings. The van der Waals surface area contributed by atoms with Crippen molar-refractivity contribution in [3.05, 3.63) is 24.3 Å². The number of nitrogens with zero attached hydrogens (tertiary/aromatic N) is 3. The molecule has 0 aliphatic carbocycles. The van der Waals surface area contributed by atoms with Gasteiger partial charge in [0.05, 0.1) is 24.6 Å². The van der Waals surface area contributed by atoms with E-state index in [1.54, 1.807) is 6.07 Å². The number of aromatic nitrogens is 2. The van der Waals surface area contributed by atoms with Gasteiger partial charge in [0.25, 0.3) is 0 Å². The first-order valence-corrected chi connectivity index (χ1v) is 8.83. The van der Waals surface area contributed by atoms with Crippen molar-refractivity contribution in [3.8, 4) is 5.75 Å². The number of fused-ring (bicyclic) bond motifs is 1. The Morgan fingerprint density at radius 2 is 2.15 bits per heavy atom. The minimum atomic E-state index is -0.572. The molecular weight excluding hydrogens is 337 g/mol. The van der Waals surface area contributed by atoms with Gasteiger partial charge in [0, 0.05) is 24.5 Å². The number of hydrogen-bond donors (Lipinski definition) is 0. The first-order chi connectivity index (χ1) is 12.4. The summed E-state index contributed by atoms with van der Waals surface area (Å²) in [5.74, 6) is 0.327. The van der Waals surface area contributed by atoms with Crippen LogP contribution in [0.1, 0.15) is 27.2 Å². The fourth-order valence-electron chi connectivity index (χ4n) is 3.61. The quantitative estimate of drug-likeness (QED) is 0.762. The molecule has 1 aliphatic heterocycles. The molecule has 1 atom stereocenters. The normalized spacial score (nSPS) is 20.0. The van der Waals surface area contributed by atoms with E-state index in [1.807, 2.05) is 20.8 Å². The van der Waals surface area contributed by atoms with Crippen LogP contribution in [0, 0.1) is 17.2 Å². The average molecular weight is 361 g/mol. The fraction of sp³-hybridized carbons (Fsp3) is 0.526. The molecule has 2 heterocycles. The lowest BCUT2D eigenvalue weighted by atomic mass is 9.76. The summed E-state index contributed by atoms with van der Waals surface area (Å²) in [4.78, 5) is 23.3. The van der Waals surface area contributed by atoms with E-state index in [0.29, 0.717) is 42.8 Å². The topological polar surface area (TPSA) is 64.5 Å². The SMILES string of the molecule is CCOC(=O)C1(C(C)C)CCN(c2ncnc3cc(F)c(OC)cc23)C1. The fourth-order valence-corrected chi connectivity index (χ4v) is 3.61. The summed E-state index contributed by atoms with van der Waals surface area (Å²) in [6, 6.07) is 2.95. The maximum absolute atomic E-state index is 14.0. The Labute approximate surface area is 152 Å². The van der Waals surface area contributed by atoms with E-state index in [1.165, 1.54) is 19.5 Å². The van der Waals surface area contributed by atoms with E-state index in [0.717, 1.165) is 0 Å². The summed E-state index contributed by atoms with van der Waals surface area (Å²) in [6.45, 7) is 7.43. The third kappa shape index (κ3) is 2.95. The molecule has 1 fully saturated rings. The summed E-state index contributed by atoms with van der Waals surface area (Å²) in [6.07, 6.45) is 2.11. The van der Waals surface area contributed by atoms with E-state index < -0.39 is 11.2 Å². The highest BCUT2D eigenvalue weighted by molar-refractivity contribution is 5.91. The second-order valence-corrected chi connectivity index (χ2v) is 6.90. The molecule has 0 N–H and O–H groups in total. The van der Waals surface area contributed by atoms with Gasteiger partial charge in [0.1, 0.15) is 12.1 Å². The Bertz CT molecular complexity index is 827. The lowest BCUT2D eigenvalue weighted by Crippen LogP contribution is -2.40. The Morgan fingerprint density at radius 3 is 2.81 bits per heavy atom. The number of carbonyl (C=O) groups is 1. The molecule has 1 unspecified atom stereocenters. The van der Waals surface area contributed by atoms with E-state index in [9.17, 15) is 9.18 Å². The van der Waals surface area contributed by atoms with E-state index >= 15 is 0 Å². The van der Waals surface area contributed by atoms with Crippen molar-refractivity contribution in [1.82, 2.24) is 9.97 Å².